The van der Waals surface area contributed by atoms with Gasteiger partial charge in [-0.2, -0.15) is 0 Å². The maximum Gasteiger partial charge on any atom is 0.147 e. The molecule has 5 nitrogen and oxygen atoms in total. The van der Waals surface area contributed by atoms with Gasteiger partial charge in [0.15, 0.2) is 0 Å². The summed E-state index contributed by atoms with van der Waals surface area (Å²) in [6.45, 7) is 0.601. The Balaban J connectivity index is 2.23. The molecule has 0 saturated heterocycles. The molecule has 0 aromatic carbocycles. The van der Waals surface area contributed by atoms with E-state index in [9.17, 15) is 8.42 Å². The molecule has 1 aromatic rings. The average molecular weight is 215 g/mol. The number of anilines is 1. The molecule has 0 saturated carbocycles. The minimum absolute atomic E-state index is 0.199. The normalized spacial score (nSPS) is 11.2. The Labute approximate surface area is 83.5 Å². The standard InChI is InChI=1S/C8H13N3O2S/c1-14(12,13)6-2-4-10-8-3-5-9-7-11-8/h3,5,7H,2,4,6H2,1H3,(H,9,10,11). The second-order valence-corrected chi connectivity index (χ2v) is 5.26. The molecule has 1 N–H and O–H groups in total. The van der Waals surface area contributed by atoms with Crippen molar-refractivity contribution in [2.45, 2.75) is 6.42 Å². The van der Waals surface area contributed by atoms with Gasteiger partial charge in [0, 0.05) is 19.0 Å². The lowest BCUT2D eigenvalue weighted by atomic mass is 10.4. The van der Waals surface area contributed by atoms with Crippen molar-refractivity contribution < 1.29 is 8.42 Å². The molecule has 0 unspecified atom stereocenters. The van der Waals surface area contributed by atoms with Gasteiger partial charge in [-0.1, -0.05) is 0 Å². The highest BCUT2D eigenvalue weighted by Crippen LogP contribution is 1.98. The summed E-state index contributed by atoms with van der Waals surface area (Å²) in [4.78, 5) is 7.71. The van der Waals surface area contributed by atoms with Crippen LogP contribution in [-0.2, 0) is 9.84 Å². The topological polar surface area (TPSA) is 72.0 Å². The molecule has 14 heavy (non-hydrogen) atoms. The Morgan fingerprint density at radius 2 is 2.29 bits per heavy atom. The van der Waals surface area contributed by atoms with Gasteiger partial charge in [-0.3, -0.25) is 0 Å². The van der Waals surface area contributed by atoms with Crippen molar-refractivity contribution in [2.75, 3.05) is 23.9 Å². The Bertz CT molecular complexity index is 363. The van der Waals surface area contributed by atoms with Gasteiger partial charge in [-0.05, 0) is 12.5 Å². The van der Waals surface area contributed by atoms with Gasteiger partial charge in [0.2, 0.25) is 0 Å². The molecular weight excluding hydrogens is 202 g/mol. The number of aromatic nitrogens is 2. The number of nitrogens with zero attached hydrogens (tertiary/aromatic N) is 2. The van der Waals surface area contributed by atoms with Crippen molar-refractivity contribution >= 4 is 15.7 Å². The summed E-state index contributed by atoms with van der Waals surface area (Å²) in [6, 6.07) is 1.74. The molecule has 1 aromatic heterocycles. The molecular formula is C8H13N3O2S. The smallest absolute Gasteiger partial charge is 0.147 e. The average Bonchev–Trinajstić information content (AvgIpc) is 2.13. The largest absolute Gasteiger partial charge is 0.370 e. The zero-order valence-electron chi connectivity index (χ0n) is 7.97. The van der Waals surface area contributed by atoms with E-state index in [0.29, 0.717) is 18.8 Å². The van der Waals surface area contributed by atoms with Crippen LogP contribution < -0.4 is 5.32 Å². The summed E-state index contributed by atoms with van der Waals surface area (Å²) >= 11 is 0. The zero-order chi connectivity index (χ0) is 10.4. The molecule has 1 rings (SSSR count). The van der Waals surface area contributed by atoms with Crippen molar-refractivity contribution in [1.82, 2.24) is 9.97 Å². The van der Waals surface area contributed by atoms with E-state index in [-0.39, 0.29) is 5.75 Å². The van der Waals surface area contributed by atoms with Crippen LogP contribution in [0.5, 0.6) is 0 Å². The molecule has 0 fully saturated rings. The number of hydrogen-bond acceptors (Lipinski definition) is 5. The van der Waals surface area contributed by atoms with Gasteiger partial charge < -0.3 is 5.32 Å². The van der Waals surface area contributed by atoms with E-state index in [2.05, 4.69) is 15.3 Å². The number of sulfone groups is 1. The van der Waals surface area contributed by atoms with Crippen molar-refractivity contribution in [1.29, 1.82) is 0 Å². The van der Waals surface area contributed by atoms with Gasteiger partial charge in [0.25, 0.3) is 0 Å². The third kappa shape index (κ3) is 4.76. The molecule has 0 atom stereocenters. The summed E-state index contributed by atoms with van der Waals surface area (Å²) in [6.07, 6.45) is 4.89. The molecule has 0 bridgehead atoms. The van der Waals surface area contributed by atoms with Gasteiger partial charge in [-0.25, -0.2) is 18.4 Å². The lowest BCUT2D eigenvalue weighted by Gasteiger charge is -2.03. The predicted octanol–water partition coefficient (Wildman–Crippen LogP) is 0.323. The Morgan fingerprint density at radius 1 is 1.50 bits per heavy atom. The summed E-state index contributed by atoms with van der Waals surface area (Å²) in [5, 5.41) is 3.00. The monoisotopic (exact) mass is 215 g/mol. The van der Waals surface area contributed by atoms with Crippen LogP contribution in [0.1, 0.15) is 6.42 Å². The van der Waals surface area contributed by atoms with Crippen molar-refractivity contribution in [3.05, 3.63) is 18.6 Å². The summed E-state index contributed by atoms with van der Waals surface area (Å²) in [5.41, 5.74) is 0. The predicted molar refractivity (Wildman–Crippen MR) is 54.8 cm³/mol. The van der Waals surface area contributed by atoms with Crippen LogP contribution >= 0.6 is 0 Å². The fourth-order valence-electron chi connectivity index (χ4n) is 0.946. The van der Waals surface area contributed by atoms with Gasteiger partial charge in [0.1, 0.15) is 22.0 Å². The summed E-state index contributed by atoms with van der Waals surface area (Å²) in [5.74, 6) is 0.916. The molecule has 0 amide bonds. The maximum atomic E-state index is 10.8. The fourth-order valence-corrected chi connectivity index (χ4v) is 1.61. The lowest BCUT2D eigenvalue weighted by Crippen LogP contribution is -2.10. The second-order valence-electron chi connectivity index (χ2n) is 3.00. The quantitative estimate of drug-likeness (QED) is 0.716. The minimum Gasteiger partial charge on any atom is -0.370 e. The van der Waals surface area contributed by atoms with E-state index in [1.165, 1.54) is 12.6 Å². The highest BCUT2D eigenvalue weighted by atomic mass is 32.2. The van der Waals surface area contributed by atoms with Gasteiger partial charge in [0.05, 0.1) is 5.75 Å². The van der Waals surface area contributed by atoms with Crippen molar-refractivity contribution in [2.24, 2.45) is 0 Å². The maximum absolute atomic E-state index is 10.8. The molecule has 0 spiro atoms. The van der Waals surface area contributed by atoms with Crippen LogP contribution in [0.3, 0.4) is 0 Å². The summed E-state index contributed by atoms with van der Waals surface area (Å²) in [7, 11) is -2.85. The first kappa shape index (κ1) is 10.9. The Morgan fingerprint density at radius 3 is 2.86 bits per heavy atom. The number of nitrogens with one attached hydrogen (secondary N) is 1. The SMILES string of the molecule is CS(=O)(=O)CCCNc1ccncn1. The van der Waals surface area contributed by atoms with Crippen molar-refractivity contribution in [3.8, 4) is 0 Å². The molecule has 78 valence electrons. The van der Waals surface area contributed by atoms with Crippen LogP contribution in [0.4, 0.5) is 5.82 Å². The Hall–Kier alpha value is -1.17. The van der Waals surface area contributed by atoms with Gasteiger partial charge >= 0.3 is 0 Å². The fraction of sp³-hybridized carbons (Fsp3) is 0.500. The van der Waals surface area contributed by atoms with Gasteiger partial charge in [-0.15, -0.1) is 0 Å². The number of rotatable bonds is 5. The molecule has 0 radical (unpaired) electrons. The molecule has 0 aliphatic rings. The first-order valence-corrected chi connectivity index (χ1v) is 6.31. The number of hydrogen-bond donors (Lipinski definition) is 1. The highest BCUT2D eigenvalue weighted by molar-refractivity contribution is 7.90. The lowest BCUT2D eigenvalue weighted by molar-refractivity contribution is 0.600. The van der Waals surface area contributed by atoms with Crippen LogP contribution in [0, 0.1) is 0 Å². The van der Waals surface area contributed by atoms with Crippen LogP contribution in [0.2, 0.25) is 0 Å². The molecule has 6 heteroatoms. The molecule has 1 heterocycles. The second kappa shape index (κ2) is 4.90. The van der Waals surface area contributed by atoms with Crippen LogP contribution in [0.25, 0.3) is 0 Å². The first-order chi connectivity index (χ1) is 6.58. The van der Waals surface area contributed by atoms with E-state index in [0.717, 1.165) is 0 Å². The first-order valence-electron chi connectivity index (χ1n) is 4.25. The van der Waals surface area contributed by atoms with Crippen molar-refractivity contribution in [3.63, 3.8) is 0 Å². The minimum atomic E-state index is -2.85. The van der Waals surface area contributed by atoms with Crippen LogP contribution in [-0.4, -0.2) is 36.9 Å². The zero-order valence-corrected chi connectivity index (χ0v) is 8.79. The Kier molecular flexibility index (Phi) is 3.82. The highest BCUT2D eigenvalue weighted by Gasteiger charge is 2.00. The van der Waals surface area contributed by atoms with E-state index in [4.69, 9.17) is 0 Å². The molecule has 0 aliphatic carbocycles. The van der Waals surface area contributed by atoms with E-state index >= 15 is 0 Å². The summed E-state index contributed by atoms with van der Waals surface area (Å²) < 4.78 is 21.6. The van der Waals surface area contributed by atoms with Crippen LogP contribution in [0.15, 0.2) is 18.6 Å². The molecule has 0 aliphatic heterocycles. The third-order valence-corrected chi connectivity index (χ3v) is 2.61. The van der Waals surface area contributed by atoms with E-state index in [1.54, 1.807) is 12.3 Å². The van der Waals surface area contributed by atoms with E-state index in [1.807, 2.05) is 0 Å². The van der Waals surface area contributed by atoms with E-state index < -0.39 is 9.84 Å². The third-order valence-electron chi connectivity index (χ3n) is 1.58.